The largest absolute Gasteiger partial charge is 0.497 e. The number of aliphatic imine (C=N–C) groups is 1. The summed E-state index contributed by atoms with van der Waals surface area (Å²) < 4.78 is 10.8. The third kappa shape index (κ3) is 6.80. The Morgan fingerprint density at radius 2 is 1.97 bits per heavy atom. The molecule has 1 aromatic carbocycles. The van der Waals surface area contributed by atoms with Gasteiger partial charge in [-0.2, -0.15) is 0 Å². The predicted molar refractivity (Wildman–Crippen MR) is 133 cm³/mol. The maximum absolute atomic E-state index is 5.85. The van der Waals surface area contributed by atoms with E-state index in [0.717, 1.165) is 54.8 Å². The van der Waals surface area contributed by atoms with Crippen LogP contribution in [0.2, 0.25) is 5.15 Å². The topological polar surface area (TPSA) is 71.0 Å². The van der Waals surface area contributed by atoms with Crippen LogP contribution in [0.3, 0.4) is 0 Å². The van der Waals surface area contributed by atoms with Crippen molar-refractivity contribution in [2.75, 3.05) is 38.8 Å². The average Bonchev–Trinajstić information content (AvgIpc) is 3.21. The van der Waals surface area contributed by atoms with Gasteiger partial charge < -0.3 is 25.0 Å². The Balaban J connectivity index is 0.00000320. The number of rotatable bonds is 7. The molecule has 1 unspecified atom stereocenters. The number of nitrogens with zero attached hydrogens (tertiary/aromatic N) is 3. The van der Waals surface area contributed by atoms with Crippen LogP contribution in [-0.4, -0.2) is 50.8 Å². The van der Waals surface area contributed by atoms with Gasteiger partial charge in [0.05, 0.1) is 20.8 Å². The van der Waals surface area contributed by atoms with Gasteiger partial charge in [0, 0.05) is 55.8 Å². The van der Waals surface area contributed by atoms with Gasteiger partial charge in [0.25, 0.3) is 0 Å². The van der Waals surface area contributed by atoms with E-state index in [1.807, 2.05) is 24.3 Å². The molecule has 1 aliphatic rings. The molecule has 3 rings (SSSR count). The van der Waals surface area contributed by atoms with Crippen LogP contribution in [-0.2, 0) is 6.54 Å². The van der Waals surface area contributed by atoms with Crippen LogP contribution in [0.25, 0.3) is 0 Å². The number of pyridine rings is 1. The van der Waals surface area contributed by atoms with Crippen molar-refractivity contribution in [1.29, 1.82) is 0 Å². The first kappa shape index (κ1) is 24.3. The minimum atomic E-state index is 0. The van der Waals surface area contributed by atoms with E-state index < -0.39 is 0 Å². The summed E-state index contributed by atoms with van der Waals surface area (Å²) in [7, 11) is 3.34. The van der Waals surface area contributed by atoms with Crippen molar-refractivity contribution < 1.29 is 9.47 Å². The Morgan fingerprint density at radius 1 is 1.23 bits per heavy atom. The smallest absolute Gasteiger partial charge is 0.191 e. The zero-order chi connectivity index (χ0) is 20.6. The minimum Gasteiger partial charge on any atom is -0.497 e. The van der Waals surface area contributed by atoms with E-state index in [1.54, 1.807) is 26.5 Å². The van der Waals surface area contributed by atoms with Gasteiger partial charge in [-0.25, -0.2) is 9.98 Å². The summed E-state index contributed by atoms with van der Waals surface area (Å²) in [6.45, 7) is 5.24. The fourth-order valence-electron chi connectivity index (χ4n) is 3.27. The van der Waals surface area contributed by atoms with Crippen LogP contribution < -0.4 is 25.0 Å². The fraction of sp³-hybridized carbons (Fsp3) is 0.429. The number of anilines is 1. The SMILES string of the molecule is CCNC(=NCc1ccc(Cl)nc1)NC1CCN(c2cc(OC)cc(OC)c2)C1.I. The van der Waals surface area contributed by atoms with Crippen molar-refractivity contribution in [3.05, 3.63) is 47.2 Å². The van der Waals surface area contributed by atoms with Crippen LogP contribution >= 0.6 is 35.6 Å². The van der Waals surface area contributed by atoms with Crippen LogP contribution in [0.4, 0.5) is 5.69 Å². The number of halogens is 2. The molecule has 7 nitrogen and oxygen atoms in total. The number of aromatic nitrogens is 1. The standard InChI is InChI=1S/C21H28ClN5O2.HI/c1-4-23-21(25-13-15-5-6-20(22)24-12-15)26-16-7-8-27(14-16)17-9-18(28-2)11-19(10-17)29-3;/h5-6,9-12,16H,4,7-8,13-14H2,1-3H3,(H2,23,25,26);1H. The first-order valence-corrected chi connectivity index (χ1v) is 10.1. The molecule has 0 spiro atoms. The van der Waals surface area contributed by atoms with Gasteiger partial charge in [-0.05, 0) is 25.0 Å². The maximum atomic E-state index is 5.85. The Labute approximate surface area is 200 Å². The van der Waals surface area contributed by atoms with Crippen molar-refractivity contribution in [1.82, 2.24) is 15.6 Å². The number of nitrogens with one attached hydrogen (secondary N) is 2. The number of hydrogen-bond donors (Lipinski definition) is 2. The van der Waals surface area contributed by atoms with Gasteiger partial charge in [0.2, 0.25) is 0 Å². The van der Waals surface area contributed by atoms with Gasteiger partial charge in [-0.15, -0.1) is 24.0 Å². The third-order valence-corrected chi connectivity index (χ3v) is 5.01. The van der Waals surface area contributed by atoms with Crippen molar-refractivity contribution in [3.63, 3.8) is 0 Å². The van der Waals surface area contributed by atoms with Gasteiger partial charge >= 0.3 is 0 Å². The highest BCUT2D eigenvalue weighted by Gasteiger charge is 2.24. The van der Waals surface area contributed by atoms with E-state index in [-0.39, 0.29) is 24.0 Å². The summed E-state index contributed by atoms with van der Waals surface area (Å²) in [6, 6.07) is 9.99. The van der Waals surface area contributed by atoms with Gasteiger partial charge in [0.1, 0.15) is 16.7 Å². The number of benzene rings is 1. The van der Waals surface area contributed by atoms with Crippen LogP contribution in [0.15, 0.2) is 41.5 Å². The van der Waals surface area contributed by atoms with Crippen LogP contribution in [0, 0.1) is 0 Å². The summed E-state index contributed by atoms with van der Waals surface area (Å²) >= 11 is 5.85. The third-order valence-electron chi connectivity index (χ3n) is 4.78. The molecule has 9 heteroatoms. The minimum absolute atomic E-state index is 0. The molecule has 1 aromatic heterocycles. The molecular formula is C21H29ClIN5O2. The molecule has 2 heterocycles. The molecule has 0 radical (unpaired) electrons. The van der Waals surface area contributed by atoms with Crippen molar-refractivity contribution in [2.24, 2.45) is 4.99 Å². The first-order valence-electron chi connectivity index (χ1n) is 9.74. The van der Waals surface area contributed by atoms with Crippen molar-refractivity contribution >= 4 is 47.2 Å². The summed E-state index contributed by atoms with van der Waals surface area (Å²) in [5.41, 5.74) is 2.11. The zero-order valence-electron chi connectivity index (χ0n) is 17.5. The Bertz CT molecular complexity index is 812. The quantitative estimate of drug-likeness (QED) is 0.239. The summed E-state index contributed by atoms with van der Waals surface area (Å²) in [6.07, 6.45) is 2.77. The number of methoxy groups -OCH3 is 2. The Hall–Kier alpha value is -1.94. The normalized spacial score (nSPS) is 16.1. The van der Waals surface area contributed by atoms with Crippen LogP contribution in [0.1, 0.15) is 18.9 Å². The molecule has 0 amide bonds. The van der Waals surface area contributed by atoms with Crippen molar-refractivity contribution in [3.8, 4) is 11.5 Å². The second-order valence-corrected chi connectivity index (χ2v) is 7.22. The van der Waals surface area contributed by atoms with E-state index in [9.17, 15) is 0 Å². The van der Waals surface area contributed by atoms with Crippen molar-refractivity contribution in [2.45, 2.75) is 25.9 Å². The lowest BCUT2D eigenvalue weighted by Crippen LogP contribution is -2.44. The second kappa shape index (κ2) is 12.0. The van der Waals surface area contributed by atoms with Gasteiger partial charge in [0.15, 0.2) is 5.96 Å². The molecular weight excluding hydrogens is 517 g/mol. The molecule has 164 valence electrons. The van der Waals surface area contributed by atoms with E-state index in [2.05, 4.69) is 32.4 Å². The molecule has 2 N–H and O–H groups in total. The first-order chi connectivity index (χ1) is 14.1. The summed E-state index contributed by atoms with van der Waals surface area (Å²) in [4.78, 5) is 11.1. The molecule has 1 aliphatic heterocycles. The van der Waals surface area contributed by atoms with E-state index in [0.29, 0.717) is 17.7 Å². The molecule has 1 saturated heterocycles. The number of guanidine groups is 1. The lowest BCUT2D eigenvalue weighted by molar-refractivity contribution is 0.394. The number of ether oxygens (including phenoxy) is 2. The average molecular weight is 546 g/mol. The highest BCUT2D eigenvalue weighted by molar-refractivity contribution is 14.0. The van der Waals surface area contributed by atoms with E-state index >= 15 is 0 Å². The fourth-order valence-corrected chi connectivity index (χ4v) is 3.38. The molecule has 1 atom stereocenters. The lowest BCUT2D eigenvalue weighted by Gasteiger charge is -2.21. The van der Waals surface area contributed by atoms with Gasteiger partial charge in [-0.3, -0.25) is 0 Å². The summed E-state index contributed by atoms with van der Waals surface area (Å²) in [5.74, 6) is 2.39. The zero-order valence-corrected chi connectivity index (χ0v) is 20.6. The predicted octanol–water partition coefficient (Wildman–Crippen LogP) is 3.70. The Morgan fingerprint density at radius 3 is 2.57 bits per heavy atom. The van der Waals surface area contributed by atoms with E-state index in [1.165, 1.54) is 0 Å². The highest BCUT2D eigenvalue weighted by Crippen LogP contribution is 2.30. The second-order valence-electron chi connectivity index (χ2n) is 6.83. The number of hydrogen-bond acceptors (Lipinski definition) is 5. The van der Waals surface area contributed by atoms with Crippen LogP contribution in [0.5, 0.6) is 11.5 Å². The molecule has 0 saturated carbocycles. The van der Waals surface area contributed by atoms with E-state index in [4.69, 9.17) is 21.1 Å². The highest BCUT2D eigenvalue weighted by atomic mass is 127. The van der Waals surface area contributed by atoms with Gasteiger partial charge in [-0.1, -0.05) is 17.7 Å². The molecule has 0 bridgehead atoms. The molecule has 2 aromatic rings. The maximum Gasteiger partial charge on any atom is 0.191 e. The Kier molecular flexibility index (Phi) is 9.77. The lowest BCUT2D eigenvalue weighted by atomic mass is 10.2. The molecule has 0 aliphatic carbocycles. The summed E-state index contributed by atoms with van der Waals surface area (Å²) in [5, 5.41) is 7.35. The monoisotopic (exact) mass is 545 g/mol. The molecule has 30 heavy (non-hydrogen) atoms. The molecule has 1 fully saturated rings.